The van der Waals surface area contributed by atoms with Crippen LogP contribution in [0.15, 0.2) is 11.6 Å². The van der Waals surface area contributed by atoms with E-state index in [9.17, 15) is 19.2 Å². The topological polar surface area (TPSA) is 105 Å². The van der Waals surface area contributed by atoms with Crippen LogP contribution in [-0.4, -0.2) is 50.3 Å². The molecule has 0 aliphatic heterocycles. The van der Waals surface area contributed by atoms with Crippen molar-refractivity contribution in [2.45, 2.75) is 34.6 Å². The highest BCUT2D eigenvalue weighted by Crippen LogP contribution is 2.00. The van der Waals surface area contributed by atoms with Crippen LogP contribution in [0.2, 0.25) is 0 Å². The van der Waals surface area contributed by atoms with Crippen LogP contribution in [0.4, 0.5) is 0 Å². The number of esters is 4. The Morgan fingerprint density at radius 2 is 1.20 bits per heavy atom. The molecule has 0 rings (SSSR count). The molecule has 25 heavy (non-hydrogen) atoms. The van der Waals surface area contributed by atoms with E-state index in [0.29, 0.717) is 0 Å². The average molecular weight is 358 g/mol. The molecule has 142 valence electrons. The lowest BCUT2D eigenvalue weighted by Crippen LogP contribution is -2.20. The molecule has 0 saturated carbocycles. The lowest BCUT2D eigenvalue weighted by Gasteiger charge is -2.08. The number of ether oxygens (including phenoxy) is 4. The van der Waals surface area contributed by atoms with Gasteiger partial charge in [0, 0.05) is 11.6 Å². The van der Waals surface area contributed by atoms with Gasteiger partial charge < -0.3 is 18.9 Å². The van der Waals surface area contributed by atoms with E-state index in [4.69, 9.17) is 14.2 Å². The molecule has 0 heterocycles. The Morgan fingerprint density at radius 1 is 0.760 bits per heavy atom. The smallest absolute Gasteiger partial charge is 0.344 e. The minimum absolute atomic E-state index is 0.0720. The third-order valence-electron chi connectivity index (χ3n) is 2.47. The minimum Gasteiger partial charge on any atom is -0.463 e. The van der Waals surface area contributed by atoms with E-state index in [1.807, 2.05) is 27.7 Å². The maximum atomic E-state index is 11.6. The van der Waals surface area contributed by atoms with E-state index in [0.717, 1.165) is 6.08 Å². The fraction of sp³-hybridized carbons (Fsp3) is 0.647. The molecule has 8 heteroatoms. The van der Waals surface area contributed by atoms with Crippen LogP contribution in [0.1, 0.15) is 34.6 Å². The van der Waals surface area contributed by atoms with Crippen molar-refractivity contribution in [3.05, 3.63) is 11.6 Å². The molecule has 0 aliphatic carbocycles. The summed E-state index contributed by atoms with van der Waals surface area (Å²) in [5, 5.41) is 0. The molecule has 8 nitrogen and oxygen atoms in total. The zero-order chi connectivity index (χ0) is 19.4. The molecule has 0 saturated heterocycles. The van der Waals surface area contributed by atoms with Crippen molar-refractivity contribution in [3.8, 4) is 0 Å². The largest absolute Gasteiger partial charge is 0.463 e. The summed E-state index contributed by atoms with van der Waals surface area (Å²) < 4.78 is 19.0. The maximum absolute atomic E-state index is 11.6. The van der Waals surface area contributed by atoms with Gasteiger partial charge in [0.15, 0.2) is 13.2 Å². The Bertz CT molecular complexity index is 505. The number of hydrogen-bond acceptors (Lipinski definition) is 8. The van der Waals surface area contributed by atoms with Gasteiger partial charge in [0.25, 0.3) is 0 Å². The fourth-order valence-corrected chi connectivity index (χ4v) is 1.25. The number of carbonyl (C=O) groups excluding carboxylic acids is 4. The number of rotatable bonds is 10. The van der Waals surface area contributed by atoms with Crippen LogP contribution < -0.4 is 0 Å². The summed E-state index contributed by atoms with van der Waals surface area (Å²) in [6, 6.07) is 0. The first-order valence-corrected chi connectivity index (χ1v) is 7.95. The van der Waals surface area contributed by atoms with Gasteiger partial charge in [0.1, 0.15) is 0 Å². The number of carbonyl (C=O) groups is 4. The molecular formula is C17H26O8. The lowest BCUT2D eigenvalue weighted by atomic mass is 10.2. The molecular weight excluding hydrogens is 332 g/mol. The number of hydrogen-bond donors (Lipinski definition) is 0. The third-order valence-corrected chi connectivity index (χ3v) is 2.47. The van der Waals surface area contributed by atoms with Crippen LogP contribution in [0.3, 0.4) is 0 Å². The summed E-state index contributed by atoms with van der Waals surface area (Å²) in [6.07, 6.45) is 0.873. The van der Waals surface area contributed by atoms with Crippen molar-refractivity contribution in [1.82, 2.24) is 0 Å². The van der Waals surface area contributed by atoms with E-state index in [-0.39, 0.29) is 30.6 Å². The SMILES string of the molecule is C/C(=C/C(=O)OCC(=O)OCC(C)C)C(=O)OCC(=O)OCC(C)C. The van der Waals surface area contributed by atoms with E-state index >= 15 is 0 Å². The Morgan fingerprint density at radius 3 is 1.64 bits per heavy atom. The van der Waals surface area contributed by atoms with Gasteiger partial charge in [-0.3, -0.25) is 0 Å². The Hall–Kier alpha value is -2.38. The van der Waals surface area contributed by atoms with Crippen LogP contribution >= 0.6 is 0 Å². The van der Waals surface area contributed by atoms with E-state index in [1.54, 1.807) is 0 Å². The normalized spacial score (nSPS) is 11.2. The molecule has 0 N–H and O–H groups in total. The van der Waals surface area contributed by atoms with E-state index in [2.05, 4.69) is 4.74 Å². The standard InChI is InChI=1S/C17H26O8/c1-11(2)7-22-15(19)9-24-14(18)6-13(5)17(21)25-10-16(20)23-8-12(3)4/h6,11-12H,7-10H2,1-5H3/b13-6-. The predicted octanol–water partition coefficient (Wildman–Crippen LogP) is 1.42. The summed E-state index contributed by atoms with van der Waals surface area (Å²) >= 11 is 0. The second-order valence-corrected chi connectivity index (χ2v) is 6.16. The summed E-state index contributed by atoms with van der Waals surface area (Å²) in [6.45, 7) is 8.16. The molecule has 0 spiro atoms. The van der Waals surface area contributed by atoms with Gasteiger partial charge in [0.05, 0.1) is 13.2 Å². The van der Waals surface area contributed by atoms with Crippen molar-refractivity contribution in [3.63, 3.8) is 0 Å². The highest BCUT2D eigenvalue weighted by Gasteiger charge is 2.14. The highest BCUT2D eigenvalue weighted by atomic mass is 16.6. The van der Waals surface area contributed by atoms with Crippen molar-refractivity contribution < 1.29 is 38.1 Å². The average Bonchev–Trinajstić information content (AvgIpc) is 2.53. The van der Waals surface area contributed by atoms with Crippen LogP contribution in [-0.2, 0) is 38.1 Å². The van der Waals surface area contributed by atoms with Gasteiger partial charge >= 0.3 is 23.9 Å². The quantitative estimate of drug-likeness (QED) is 0.328. The molecule has 0 unspecified atom stereocenters. The third kappa shape index (κ3) is 12.7. The summed E-state index contributed by atoms with van der Waals surface area (Å²) in [5.74, 6) is -2.76. The van der Waals surface area contributed by atoms with Gasteiger partial charge in [-0.2, -0.15) is 0 Å². The Labute approximate surface area is 147 Å². The second kappa shape index (κ2) is 12.0. The second-order valence-electron chi connectivity index (χ2n) is 6.16. The van der Waals surface area contributed by atoms with Crippen molar-refractivity contribution in [1.29, 1.82) is 0 Å². The summed E-state index contributed by atoms with van der Waals surface area (Å²) in [5.41, 5.74) is -0.0720. The molecule has 0 aromatic heterocycles. The first-order chi connectivity index (χ1) is 11.6. The zero-order valence-corrected chi connectivity index (χ0v) is 15.3. The lowest BCUT2D eigenvalue weighted by molar-refractivity contribution is -0.158. The van der Waals surface area contributed by atoms with Crippen molar-refractivity contribution >= 4 is 23.9 Å². The van der Waals surface area contributed by atoms with Gasteiger partial charge in [-0.1, -0.05) is 27.7 Å². The minimum atomic E-state index is -0.890. The molecule has 0 atom stereocenters. The highest BCUT2D eigenvalue weighted by molar-refractivity contribution is 5.96. The maximum Gasteiger partial charge on any atom is 0.344 e. The van der Waals surface area contributed by atoms with Gasteiger partial charge in [0.2, 0.25) is 0 Å². The molecule has 0 aromatic rings. The van der Waals surface area contributed by atoms with Crippen LogP contribution in [0.25, 0.3) is 0 Å². The van der Waals surface area contributed by atoms with Gasteiger partial charge in [-0.15, -0.1) is 0 Å². The monoisotopic (exact) mass is 358 g/mol. The van der Waals surface area contributed by atoms with E-state index < -0.39 is 37.1 Å². The Balaban J connectivity index is 4.18. The Kier molecular flexibility index (Phi) is 10.9. The van der Waals surface area contributed by atoms with Gasteiger partial charge in [-0.25, -0.2) is 19.2 Å². The summed E-state index contributed by atoms with van der Waals surface area (Å²) in [4.78, 5) is 45.8. The molecule has 0 amide bonds. The van der Waals surface area contributed by atoms with Crippen molar-refractivity contribution in [2.75, 3.05) is 26.4 Å². The molecule has 0 fully saturated rings. The molecule has 0 radical (unpaired) electrons. The van der Waals surface area contributed by atoms with Crippen LogP contribution in [0.5, 0.6) is 0 Å². The zero-order valence-electron chi connectivity index (χ0n) is 15.3. The first-order valence-electron chi connectivity index (χ1n) is 7.95. The molecule has 0 bridgehead atoms. The van der Waals surface area contributed by atoms with Gasteiger partial charge in [-0.05, 0) is 18.8 Å². The summed E-state index contributed by atoms with van der Waals surface area (Å²) in [7, 11) is 0. The van der Waals surface area contributed by atoms with Crippen molar-refractivity contribution in [2.24, 2.45) is 11.8 Å². The van der Waals surface area contributed by atoms with Crippen LogP contribution in [0, 0.1) is 11.8 Å². The fourth-order valence-electron chi connectivity index (χ4n) is 1.25. The first kappa shape index (κ1) is 22.6. The molecule has 0 aliphatic rings. The molecule has 0 aromatic carbocycles. The van der Waals surface area contributed by atoms with E-state index in [1.165, 1.54) is 6.92 Å². The predicted molar refractivity (Wildman–Crippen MR) is 87.3 cm³/mol.